The molecule has 1 heterocycles. The van der Waals surface area contributed by atoms with Crippen LogP contribution in [-0.4, -0.2) is 17.5 Å². The molecule has 0 aliphatic carbocycles. The van der Waals surface area contributed by atoms with E-state index in [0.717, 1.165) is 12.1 Å². The van der Waals surface area contributed by atoms with Gasteiger partial charge < -0.3 is 4.74 Å². The molecule has 0 fully saturated rings. The Hall–Kier alpha value is -1.49. The minimum absolute atomic E-state index is 0.247. The third-order valence-electron chi connectivity index (χ3n) is 2.36. The molecule has 0 spiro atoms. The van der Waals surface area contributed by atoms with Gasteiger partial charge in [0, 0.05) is 11.6 Å². The normalized spacial score (nSPS) is 11.8. The van der Waals surface area contributed by atoms with Crippen LogP contribution < -0.4 is 4.74 Å². The molecule has 0 N–H and O–H groups in total. The van der Waals surface area contributed by atoms with E-state index in [-0.39, 0.29) is 5.52 Å². The zero-order valence-electron chi connectivity index (χ0n) is 9.17. The fourth-order valence-corrected chi connectivity index (χ4v) is 1.65. The Morgan fingerprint density at radius 2 is 2.00 bits per heavy atom. The molecule has 0 bridgehead atoms. The Morgan fingerprint density at radius 3 is 2.67 bits per heavy atom. The molecule has 0 atom stereocenters. The van der Waals surface area contributed by atoms with Crippen LogP contribution in [0.15, 0.2) is 30.5 Å². The van der Waals surface area contributed by atoms with Crippen LogP contribution in [0.25, 0.3) is 10.9 Å². The van der Waals surface area contributed by atoms with Gasteiger partial charge in [-0.1, -0.05) is 0 Å². The molecule has 0 saturated carbocycles. The van der Waals surface area contributed by atoms with Crippen molar-refractivity contribution in [2.24, 2.45) is 0 Å². The fraction of sp³-hybridized carbons (Fsp3) is 0.250. The van der Waals surface area contributed by atoms with E-state index in [1.165, 1.54) is 12.3 Å². The van der Waals surface area contributed by atoms with Gasteiger partial charge in [0.15, 0.2) is 0 Å². The Bertz CT molecular complexity index is 557. The van der Waals surface area contributed by atoms with Crippen LogP contribution in [-0.2, 0) is 6.18 Å². The average Bonchev–Trinajstić information content (AvgIpc) is 2.34. The number of nitrogens with zero attached hydrogens (tertiary/aromatic N) is 1. The highest BCUT2D eigenvalue weighted by Crippen LogP contribution is 2.33. The number of pyridine rings is 1. The topological polar surface area (TPSA) is 22.1 Å². The number of hydrogen-bond donors (Lipinski definition) is 0. The standard InChI is InChI=1S/C12H9ClF3NO/c13-4-6-18-11-3-5-17-10-7-8(12(14,15)16)1-2-9(10)11/h1-3,5,7H,4,6H2. The molecule has 0 aliphatic rings. The summed E-state index contributed by atoms with van der Waals surface area (Å²) in [6.07, 6.45) is -2.96. The summed E-state index contributed by atoms with van der Waals surface area (Å²) in [5.74, 6) is 0.791. The van der Waals surface area contributed by atoms with Gasteiger partial charge in [-0.05, 0) is 24.3 Å². The number of alkyl halides is 4. The van der Waals surface area contributed by atoms with Gasteiger partial charge in [0.25, 0.3) is 0 Å². The molecule has 1 aromatic heterocycles. The van der Waals surface area contributed by atoms with Crippen LogP contribution >= 0.6 is 11.6 Å². The van der Waals surface area contributed by atoms with E-state index in [1.807, 2.05) is 0 Å². The number of ether oxygens (including phenoxy) is 1. The first kappa shape index (κ1) is 13.0. The van der Waals surface area contributed by atoms with Gasteiger partial charge in [-0.3, -0.25) is 4.98 Å². The zero-order valence-corrected chi connectivity index (χ0v) is 9.92. The minimum Gasteiger partial charge on any atom is -0.492 e. The molecular formula is C12H9ClF3NO. The maximum atomic E-state index is 12.5. The van der Waals surface area contributed by atoms with Crippen molar-refractivity contribution < 1.29 is 17.9 Å². The van der Waals surface area contributed by atoms with Crippen molar-refractivity contribution >= 4 is 22.5 Å². The van der Waals surface area contributed by atoms with Crippen molar-refractivity contribution in [3.8, 4) is 5.75 Å². The molecule has 2 nitrogen and oxygen atoms in total. The summed E-state index contributed by atoms with van der Waals surface area (Å²) >= 11 is 5.50. The number of aromatic nitrogens is 1. The predicted octanol–water partition coefficient (Wildman–Crippen LogP) is 3.87. The maximum Gasteiger partial charge on any atom is 0.416 e. The first-order valence-corrected chi connectivity index (χ1v) is 5.70. The number of fused-ring (bicyclic) bond motifs is 1. The fourth-order valence-electron chi connectivity index (χ4n) is 1.57. The zero-order chi connectivity index (χ0) is 13.2. The minimum atomic E-state index is -4.37. The quantitative estimate of drug-likeness (QED) is 0.793. The van der Waals surface area contributed by atoms with E-state index in [9.17, 15) is 13.2 Å². The van der Waals surface area contributed by atoms with Crippen LogP contribution in [0.5, 0.6) is 5.75 Å². The molecule has 2 rings (SSSR count). The SMILES string of the molecule is FC(F)(F)c1ccc2c(OCCCl)ccnc2c1. The molecule has 1 aromatic carbocycles. The molecule has 18 heavy (non-hydrogen) atoms. The largest absolute Gasteiger partial charge is 0.492 e. The monoisotopic (exact) mass is 275 g/mol. The van der Waals surface area contributed by atoms with Crippen LogP contribution in [0.2, 0.25) is 0 Å². The smallest absolute Gasteiger partial charge is 0.416 e. The third kappa shape index (κ3) is 2.67. The summed E-state index contributed by atoms with van der Waals surface area (Å²) in [4.78, 5) is 3.91. The number of benzene rings is 1. The van der Waals surface area contributed by atoms with Crippen molar-refractivity contribution in [1.82, 2.24) is 4.98 Å². The summed E-state index contributed by atoms with van der Waals surface area (Å²) in [7, 11) is 0. The van der Waals surface area contributed by atoms with Crippen molar-refractivity contribution in [1.29, 1.82) is 0 Å². The lowest BCUT2D eigenvalue weighted by molar-refractivity contribution is -0.137. The molecule has 96 valence electrons. The van der Waals surface area contributed by atoms with E-state index < -0.39 is 11.7 Å². The Kier molecular flexibility index (Phi) is 3.61. The second kappa shape index (κ2) is 5.02. The van der Waals surface area contributed by atoms with E-state index in [4.69, 9.17) is 16.3 Å². The Balaban J connectivity index is 2.46. The lowest BCUT2D eigenvalue weighted by atomic mass is 10.1. The molecule has 0 aliphatic heterocycles. The molecule has 0 amide bonds. The highest BCUT2D eigenvalue weighted by Gasteiger charge is 2.30. The van der Waals surface area contributed by atoms with Crippen LogP contribution in [0.3, 0.4) is 0 Å². The average molecular weight is 276 g/mol. The molecular weight excluding hydrogens is 267 g/mol. The molecule has 2 aromatic rings. The van der Waals surface area contributed by atoms with Crippen molar-refractivity contribution in [3.63, 3.8) is 0 Å². The molecule has 6 heteroatoms. The van der Waals surface area contributed by atoms with Crippen molar-refractivity contribution in [2.45, 2.75) is 6.18 Å². The Morgan fingerprint density at radius 1 is 1.22 bits per heavy atom. The van der Waals surface area contributed by atoms with E-state index in [0.29, 0.717) is 23.6 Å². The van der Waals surface area contributed by atoms with E-state index >= 15 is 0 Å². The highest BCUT2D eigenvalue weighted by atomic mass is 35.5. The van der Waals surface area contributed by atoms with Gasteiger partial charge in [-0.2, -0.15) is 13.2 Å². The van der Waals surface area contributed by atoms with Crippen molar-refractivity contribution in [2.75, 3.05) is 12.5 Å². The van der Waals surface area contributed by atoms with Gasteiger partial charge in [0.05, 0.1) is 17.0 Å². The van der Waals surface area contributed by atoms with Crippen molar-refractivity contribution in [3.05, 3.63) is 36.0 Å². The molecule has 0 radical (unpaired) electrons. The van der Waals surface area contributed by atoms with Crippen LogP contribution in [0.4, 0.5) is 13.2 Å². The summed E-state index contributed by atoms with van der Waals surface area (Å²) in [6.45, 7) is 0.293. The number of hydrogen-bond acceptors (Lipinski definition) is 2. The first-order chi connectivity index (χ1) is 8.52. The number of rotatable bonds is 3. The second-order valence-corrected chi connectivity index (χ2v) is 3.95. The summed E-state index contributed by atoms with van der Waals surface area (Å²) in [5.41, 5.74) is -0.478. The van der Waals surface area contributed by atoms with Gasteiger partial charge in [-0.15, -0.1) is 11.6 Å². The second-order valence-electron chi connectivity index (χ2n) is 3.58. The van der Waals surface area contributed by atoms with Gasteiger partial charge in [-0.25, -0.2) is 0 Å². The maximum absolute atomic E-state index is 12.5. The number of halogens is 4. The van der Waals surface area contributed by atoms with Crippen LogP contribution in [0, 0.1) is 0 Å². The Labute approximate surface area is 106 Å². The lowest BCUT2D eigenvalue weighted by Gasteiger charge is -2.10. The molecule has 0 saturated heterocycles. The van der Waals surface area contributed by atoms with E-state index in [1.54, 1.807) is 6.07 Å². The summed E-state index contributed by atoms with van der Waals surface area (Å²) in [5, 5.41) is 0.538. The van der Waals surface area contributed by atoms with Gasteiger partial charge in [0.1, 0.15) is 12.4 Å². The summed E-state index contributed by atoms with van der Waals surface area (Å²) < 4.78 is 43.0. The third-order valence-corrected chi connectivity index (χ3v) is 2.52. The summed E-state index contributed by atoms with van der Waals surface area (Å²) in [6, 6.07) is 4.97. The van der Waals surface area contributed by atoms with Gasteiger partial charge >= 0.3 is 6.18 Å². The van der Waals surface area contributed by atoms with Crippen LogP contribution in [0.1, 0.15) is 5.56 Å². The predicted molar refractivity (Wildman–Crippen MR) is 63.0 cm³/mol. The van der Waals surface area contributed by atoms with Gasteiger partial charge in [0.2, 0.25) is 0 Å². The molecule has 0 unspecified atom stereocenters. The lowest BCUT2D eigenvalue weighted by Crippen LogP contribution is -2.05. The van der Waals surface area contributed by atoms with E-state index in [2.05, 4.69) is 4.98 Å². The first-order valence-electron chi connectivity index (χ1n) is 5.17. The highest BCUT2D eigenvalue weighted by molar-refractivity contribution is 6.18.